The van der Waals surface area contributed by atoms with Crippen molar-refractivity contribution in [3.05, 3.63) is 28.8 Å². The molecule has 1 aromatic rings. The van der Waals surface area contributed by atoms with E-state index >= 15 is 0 Å². The van der Waals surface area contributed by atoms with Gasteiger partial charge in [-0.2, -0.15) is 0 Å². The molecule has 0 radical (unpaired) electrons. The van der Waals surface area contributed by atoms with Crippen LogP contribution in [0.3, 0.4) is 0 Å². The summed E-state index contributed by atoms with van der Waals surface area (Å²) in [7, 11) is 0. The molecule has 0 saturated heterocycles. The zero-order valence-electron chi connectivity index (χ0n) is 11.8. The van der Waals surface area contributed by atoms with Crippen LogP contribution in [-0.2, 0) is 4.79 Å². The van der Waals surface area contributed by atoms with E-state index in [0.717, 1.165) is 0 Å². The third kappa shape index (κ3) is 4.42. The Kier molecular flexibility index (Phi) is 6.31. The van der Waals surface area contributed by atoms with Crippen LogP contribution in [-0.4, -0.2) is 36.3 Å². The summed E-state index contributed by atoms with van der Waals surface area (Å²) in [5.41, 5.74) is 6.43. The summed E-state index contributed by atoms with van der Waals surface area (Å²) >= 11 is 5.79. The molecule has 0 atom stereocenters. The summed E-state index contributed by atoms with van der Waals surface area (Å²) in [5.74, 6) is -0.230. The van der Waals surface area contributed by atoms with Gasteiger partial charge in [0.05, 0.1) is 10.7 Å². The highest BCUT2D eigenvalue weighted by Crippen LogP contribution is 2.19. The fourth-order valence-electron chi connectivity index (χ4n) is 1.80. The molecule has 0 aliphatic heterocycles. The van der Waals surface area contributed by atoms with Crippen molar-refractivity contribution >= 4 is 29.1 Å². The van der Waals surface area contributed by atoms with Gasteiger partial charge in [0.1, 0.15) is 0 Å². The third-order valence-corrected chi connectivity index (χ3v) is 3.34. The van der Waals surface area contributed by atoms with Gasteiger partial charge in [-0.1, -0.05) is 11.6 Å². The van der Waals surface area contributed by atoms with Crippen molar-refractivity contribution in [1.29, 1.82) is 0 Å². The van der Waals surface area contributed by atoms with Crippen molar-refractivity contribution in [3.63, 3.8) is 0 Å². The number of nitrogen functional groups attached to an aromatic ring is 1. The van der Waals surface area contributed by atoms with E-state index in [1.807, 2.05) is 13.8 Å². The molecule has 0 bridgehead atoms. The van der Waals surface area contributed by atoms with Crippen molar-refractivity contribution in [2.75, 3.05) is 25.4 Å². The number of benzene rings is 1. The van der Waals surface area contributed by atoms with Crippen LogP contribution in [0, 0.1) is 0 Å². The van der Waals surface area contributed by atoms with Gasteiger partial charge in [0, 0.05) is 31.6 Å². The molecule has 0 aliphatic carbocycles. The second-order valence-electron chi connectivity index (χ2n) is 4.31. The number of nitrogens with two attached hydrogens (primary N) is 1. The summed E-state index contributed by atoms with van der Waals surface area (Å²) in [6.45, 7) is 5.51. The molecular weight excluding hydrogens is 278 g/mol. The lowest BCUT2D eigenvalue weighted by Crippen LogP contribution is -2.34. The van der Waals surface area contributed by atoms with Crippen molar-refractivity contribution < 1.29 is 9.59 Å². The average Bonchev–Trinajstić information content (AvgIpc) is 2.43. The largest absolute Gasteiger partial charge is 0.398 e. The maximum atomic E-state index is 11.9. The monoisotopic (exact) mass is 297 g/mol. The van der Waals surface area contributed by atoms with E-state index in [2.05, 4.69) is 5.32 Å². The quantitative estimate of drug-likeness (QED) is 0.788. The second-order valence-corrected chi connectivity index (χ2v) is 4.72. The summed E-state index contributed by atoms with van der Waals surface area (Å²) in [4.78, 5) is 25.4. The molecule has 6 heteroatoms. The van der Waals surface area contributed by atoms with Crippen LogP contribution in [0.25, 0.3) is 0 Å². The van der Waals surface area contributed by atoms with Crippen LogP contribution in [0.5, 0.6) is 0 Å². The standard InChI is InChI=1S/C14H20ClN3O2/c1-3-18(4-2)13(19)7-8-17-14(20)10-5-6-11(15)12(16)9-10/h5-6,9H,3-4,7-8,16H2,1-2H3,(H,17,20). The zero-order valence-corrected chi connectivity index (χ0v) is 12.5. The Hall–Kier alpha value is -1.75. The van der Waals surface area contributed by atoms with E-state index in [4.69, 9.17) is 17.3 Å². The fraction of sp³-hybridized carbons (Fsp3) is 0.429. The molecule has 0 aromatic heterocycles. The van der Waals surface area contributed by atoms with Crippen LogP contribution >= 0.6 is 11.6 Å². The van der Waals surface area contributed by atoms with Crippen LogP contribution in [0.2, 0.25) is 5.02 Å². The van der Waals surface area contributed by atoms with Gasteiger partial charge < -0.3 is 16.0 Å². The highest BCUT2D eigenvalue weighted by atomic mass is 35.5. The van der Waals surface area contributed by atoms with Crippen molar-refractivity contribution in [3.8, 4) is 0 Å². The van der Waals surface area contributed by atoms with E-state index in [1.165, 1.54) is 6.07 Å². The second kappa shape index (κ2) is 7.75. The molecule has 3 N–H and O–H groups in total. The summed E-state index contributed by atoms with van der Waals surface area (Å²) in [5, 5.41) is 3.11. The lowest BCUT2D eigenvalue weighted by molar-refractivity contribution is -0.130. The number of halogens is 1. The molecule has 110 valence electrons. The number of hydrogen-bond acceptors (Lipinski definition) is 3. The molecule has 20 heavy (non-hydrogen) atoms. The van der Waals surface area contributed by atoms with Crippen molar-refractivity contribution in [2.24, 2.45) is 0 Å². The highest BCUT2D eigenvalue weighted by Gasteiger charge is 2.11. The molecule has 1 aromatic carbocycles. The number of amides is 2. The molecule has 0 aliphatic rings. The Morgan fingerprint density at radius 2 is 1.95 bits per heavy atom. The molecular formula is C14H20ClN3O2. The number of anilines is 1. The first-order valence-electron chi connectivity index (χ1n) is 6.60. The Morgan fingerprint density at radius 3 is 2.50 bits per heavy atom. The van der Waals surface area contributed by atoms with Gasteiger partial charge in [0.2, 0.25) is 5.91 Å². The molecule has 0 spiro atoms. The number of rotatable bonds is 6. The first kappa shape index (κ1) is 16.3. The van der Waals surface area contributed by atoms with Gasteiger partial charge in [-0.3, -0.25) is 9.59 Å². The number of hydrogen-bond donors (Lipinski definition) is 2. The van der Waals surface area contributed by atoms with Crippen molar-refractivity contribution in [1.82, 2.24) is 10.2 Å². The van der Waals surface area contributed by atoms with Gasteiger partial charge in [-0.15, -0.1) is 0 Å². The van der Waals surface area contributed by atoms with Crippen LogP contribution < -0.4 is 11.1 Å². The Balaban J connectivity index is 2.47. The fourth-order valence-corrected chi connectivity index (χ4v) is 1.92. The summed E-state index contributed by atoms with van der Waals surface area (Å²) < 4.78 is 0. The van der Waals surface area contributed by atoms with Gasteiger partial charge in [-0.25, -0.2) is 0 Å². The first-order chi connectivity index (χ1) is 9.49. The van der Waals surface area contributed by atoms with Crippen LogP contribution in [0.4, 0.5) is 5.69 Å². The van der Waals surface area contributed by atoms with Crippen LogP contribution in [0.1, 0.15) is 30.6 Å². The number of nitrogens with one attached hydrogen (secondary N) is 1. The Bertz CT molecular complexity index is 487. The van der Waals surface area contributed by atoms with Gasteiger partial charge >= 0.3 is 0 Å². The summed E-state index contributed by atoms with van der Waals surface area (Å²) in [6, 6.07) is 4.69. The van der Waals surface area contributed by atoms with Gasteiger partial charge in [0.25, 0.3) is 5.91 Å². The topological polar surface area (TPSA) is 75.4 Å². The maximum Gasteiger partial charge on any atom is 0.251 e. The predicted molar refractivity (Wildman–Crippen MR) is 80.7 cm³/mol. The first-order valence-corrected chi connectivity index (χ1v) is 6.98. The molecule has 0 saturated carbocycles. The summed E-state index contributed by atoms with van der Waals surface area (Å²) in [6.07, 6.45) is 0.288. The minimum absolute atomic E-state index is 0.0333. The normalized spacial score (nSPS) is 10.2. The zero-order chi connectivity index (χ0) is 15.1. The average molecular weight is 298 g/mol. The van der Waals surface area contributed by atoms with Gasteiger partial charge in [0.15, 0.2) is 0 Å². The molecule has 0 unspecified atom stereocenters. The number of carbonyl (C=O) groups is 2. The molecule has 0 heterocycles. The van der Waals surface area contributed by atoms with E-state index in [-0.39, 0.29) is 18.2 Å². The molecule has 1 rings (SSSR count). The van der Waals surface area contributed by atoms with Gasteiger partial charge in [-0.05, 0) is 32.0 Å². The minimum Gasteiger partial charge on any atom is -0.398 e. The van der Waals surface area contributed by atoms with Crippen LogP contribution in [0.15, 0.2) is 18.2 Å². The molecule has 5 nitrogen and oxygen atoms in total. The maximum absolute atomic E-state index is 11.9. The Labute approximate surface area is 124 Å². The lowest BCUT2D eigenvalue weighted by Gasteiger charge is -2.18. The SMILES string of the molecule is CCN(CC)C(=O)CCNC(=O)c1ccc(Cl)c(N)c1. The van der Waals surface area contributed by atoms with E-state index in [0.29, 0.717) is 35.9 Å². The van der Waals surface area contributed by atoms with E-state index < -0.39 is 0 Å². The smallest absolute Gasteiger partial charge is 0.251 e. The number of nitrogens with zero attached hydrogens (tertiary/aromatic N) is 1. The highest BCUT2D eigenvalue weighted by molar-refractivity contribution is 6.33. The van der Waals surface area contributed by atoms with E-state index in [1.54, 1.807) is 17.0 Å². The minimum atomic E-state index is -0.263. The lowest BCUT2D eigenvalue weighted by atomic mass is 10.2. The Morgan fingerprint density at radius 1 is 1.30 bits per heavy atom. The van der Waals surface area contributed by atoms with Crippen molar-refractivity contribution in [2.45, 2.75) is 20.3 Å². The van der Waals surface area contributed by atoms with E-state index in [9.17, 15) is 9.59 Å². The molecule has 2 amide bonds. The molecule has 0 fully saturated rings. The predicted octanol–water partition coefficient (Wildman–Crippen LogP) is 1.91. The third-order valence-electron chi connectivity index (χ3n) is 3.00. The number of carbonyl (C=O) groups excluding carboxylic acids is 2.